The van der Waals surface area contributed by atoms with Gasteiger partial charge in [0.15, 0.2) is 0 Å². The highest BCUT2D eigenvalue weighted by Crippen LogP contribution is 2.38. The first kappa shape index (κ1) is 24.2. The lowest BCUT2D eigenvalue weighted by atomic mass is 9.85. The molecular weight excluding hydrogens is 430 g/mol. The van der Waals surface area contributed by atoms with E-state index in [1.165, 1.54) is 16.0 Å². The molecule has 0 aromatic heterocycles. The van der Waals surface area contributed by atoms with Crippen LogP contribution in [-0.4, -0.2) is 72.6 Å². The Morgan fingerprint density at radius 1 is 0.941 bits per heavy atom. The summed E-state index contributed by atoms with van der Waals surface area (Å²) in [6.07, 6.45) is 2.26. The molecule has 0 bridgehead atoms. The third kappa shape index (κ3) is 4.68. The van der Waals surface area contributed by atoms with E-state index in [-0.39, 0.29) is 18.5 Å². The topological polar surface area (TPSA) is 62.3 Å². The van der Waals surface area contributed by atoms with Crippen LogP contribution in [0.1, 0.15) is 36.5 Å². The van der Waals surface area contributed by atoms with Crippen molar-refractivity contribution in [2.24, 2.45) is 0 Å². The first-order valence-corrected chi connectivity index (χ1v) is 12.1. The van der Waals surface area contributed by atoms with Crippen LogP contribution in [-0.2, 0) is 29.0 Å². The molecule has 2 fully saturated rings. The molecule has 2 aliphatic heterocycles. The first-order valence-electron chi connectivity index (χ1n) is 12.1. The van der Waals surface area contributed by atoms with E-state index in [2.05, 4.69) is 36.1 Å². The Kier molecular flexibility index (Phi) is 7.54. The number of aryl methyl sites for hydroxylation is 1. The van der Waals surface area contributed by atoms with Gasteiger partial charge in [-0.25, -0.2) is 4.79 Å². The number of amides is 3. The minimum absolute atomic E-state index is 0.0926. The summed E-state index contributed by atoms with van der Waals surface area (Å²) in [5, 5.41) is 0. The Labute approximate surface area is 202 Å². The van der Waals surface area contributed by atoms with Gasteiger partial charge in [-0.3, -0.25) is 14.6 Å². The summed E-state index contributed by atoms with van der Waals surface area (Å²) in [7, 11) is 3.23. The average Bonchev–Trinajstić information content (AvgIpc) is 3.05. The van der Waals surface area contributed by atoms with E-state index in [1.54, 1.807) is 19.1 Å². The van der Waals surface area contributed by atoms with E-state index in [1.807, 2.05) is 24.3 Å². The molecule has 7 nitrogen and oxygen atoms in total. The number of carbonyl (C=O) groups is 2. The zero-order valence-corrected chi connectivity index (χ0v) is 20.5. The predicted octanol–water partition coefficient (Wildman–Crippen LogP) is 3.70. The van der Waals surface area contributed by atoms with Crippen LogP contribution in [0.5, 0.6) is 5.75 Å². The summed E-state index contributed by atoms with van der Waals surface area (Å²) < 4.78 is 10.6. The van der Waals surface area contributed by atoms with Crippen LogP contribution < -0.4 is 4.74 Å². The molecule has 3 amide bonds. The van der Waals surface area contributed by atoms with Gasteiger partial charge in [0, 0.05) is 33.3 Å². The SMILES string of the molecule is CCc1ccccc1CN1CCC2(CC1)C(=O)N(Cc1cccc(OC)c1)C(=O)N2CCOC. The molecule has 1 spiro atoms. The van der Waals surface area contributed by atoms with Crippen molar-refractivity contribution in [1.29, 1.82) is 0 Å². The highest BCUT2D eigenvalue weighted by atomic mass is 16.5. The molecule has 0 unspecified atom stereocenters. The molecule has 2 heterocycles. The number of imide groups is 1. The molecule has 182 valence electrons. The zero-order chi connectivity index (χ0) is 24.1. The Morgan fingerprint density at radius 3 is 2.35 bits per heavy atom. The Hall–Kier alpha value is -2.90. The van der Waals surface area contributed by atoms with Gasteiger partial charge in [0.05, 0.1) is 20.3 Å². The van der Waals surface area contributed by atoms with Crippen molar-refractivity contribution < 1.29 is 19.1 Å². The molecule has 2 aliphatic rings. The maximum absolute atomic E-state index is 13.8. The maximum atomic E-state index is 13.8. The third-order valence-corrected chi connectivity index (χ3v) is 7.19. The quantitative estimate of drug-likeness (QED) is 0.529. The minimum Gasteiger partial charge on any atom is -0.497 e. The Morgan fingerprint density at radius 2 is 1.68 bits per heavy atom. The smallest absolute Gasteiger partial charge is 0.328 e. The minimum atomic E-state index is -0.796. The lowest BCUT2D eigenvalue weighted by molar-refractivity contribution is -0.136. The van der Waals surface area contributed by atoms with E-state index in [0.29, 0.717) is 31.7 Å². The van der Waals surface area contributed by atoms with Gasteiger partial charge in [-0.2, -0.15) is 0 Å². The Bertz CT molecular complexity index is 1020. The summed E-state index contributed by atoms with van der Waals surface area (Å²) >= 11 is 0. The number of hydrogen-bond acceptors (Lipinski definition) is 5. The van der Waals surface area contributed by atoms with Gasteiger partial charge in [0.2, 0.25) is 0 Å². The summed E-state index contributed by atoms with van der Waals surface area (Å²) in [4.78, 5) is 32.8. The highest BCUT2D eigenvalue weighted by Gasteiger charge is 2.57. The summed E-state index contributed by atoms with van der Waals surface area (Å²) in [6, 6.07) is 15.8. The van der Waals surface area contributed by atoms with E-state index in [9.17, 15) is 9.59 Å². The maximum Gasteiger partial charge on any atom is 0.328 e. The third-order valence-electron chi connectivity index (χ3n) is 7.19. The molecule has 2 aromatic rings. The van der Waals surface area contributed by atoms with E-state index in [4.69, 9.17) is 9.47 Å². The number of carbonyl (C=O) groups excluding carboxylic acids is 2. The van der Waals surface area contributed by atoms with Crippen LogP contribution in [0.25, 0.3) is 0 Å². The molecule has 7 heteroatoms. The number of urea groups is 1. The molecule has 0 radical (unpaired) electrons. The second kappa shape index (κ2) is 10.6. The van der Waals surface area contributed by atoms with Crippen molar-refractivity contribution in [3.05, 3.63) is 65.2 Å². The zero-order valence-electron chi connectivity index (χ0n) is 20.5. The number of methoxy groups -OCH3 is 2. The molecule has 0 aliphatic carbocycles. The van der Waals surface area contributed by atoms with Gasteiger partial charge in [-0.1, -0.05) is 43.3 Å². The van der Waals surface area contributed by atoms with E-state index in [0.717, 1.165) is 31.6 Å². The standard InChI is InChI=1S/C27H35N3O4/c1-4-22-9-5-6-10-23(22)20-28-14-12-27(13-15-28)25(31)29(26(32)30(27)16-17-33-2)19-21-8-7-11-24(18-21)34-3/h5-11,18H,4,12-17,19-20H2,1-3H3. The summed E-state index contributed by atoms with van der Waals surface area (Å²) in [5.41, 5.74) is 2.78. The van der Waals surface area contributed by atoms with Gasteiger partial charge in [-0.05, 0) is 48.1 Å². The first-order chi connectivity index (χ1) is 16.5. The number of ether oxygens (including phenoxy) is 2. The second-order valence-corrected chi connectivity index (χ2v) is 9.10. The number of likely N-dealkylation sites (tertiary alicyclic amines) is 1. The van der Waals surface area contributed by atoms with Gasteiger partial charge in [0.1, 0.15) is 11.3 Å². The fraction of sp³-hybridized carbons (Fsp3) is 0.481. The Balaban J connectivity index is 1.52. The molecule has 34 heavy (non-hydrogen) atoms. The van der Waals surface area contributed by atoms with Crippen molar-refractivity contribution in [2.45, 2.75) is 44.8 Å². The molecule has 4 rings (SSSR count). The van der Waals surface area contributed by atoms with Crippen LogP contribution in [0.3, 0.4) is 0 Å². The monoisotopic (exact) mass is 465 g/mol. The van der Waals surface area contributed by atoms with Crippen LogP contribution in [0, 0.1) is 0 Å². The molecule has 0 atom stereocenters. The molecule has 0 N–H and O–H groups in total. The van der Waals surface area contributed by atoms with Gasteiger partial charge < -0.3 is 14.4 Å². The largest absolute Gasteiger partial charge is 0.497 e. The summed E-state index contributed by atoms with van der Waals surface area (Å²) in [6.45, 7) is 5.65. The highest BCUT2D eigenvalue weighted by molar-refractivity contribution is 6.07. The number of rotatable bonds is 9. The second-order valence-electron chi connectivity index (χ2n) is 9.10. The van der Waals surface area contributed by atoms with Crippen LogP contribution in [0.15, 0.2) is 48.5 Å². The number of benzene rings is 2. The molecular formula is C27H35N3O4. The number of hydrogen-bond donors (Lipinski definition) is 0. The average molecular weight is 466 g/mol. The van der Waals surface area contributed by atoms with Crippen molar-refractivity contribution in [3.63, 3.8) is 0 Å². The fourth-order valence-electron chi connectivity index (χ4n) is 5.23. The number of piperidine rings is 1. The van der Waals surface area contributed by atoms with Crippen molar-refractivity contribution in [1.82, 2.24) is 14.7 Å². The lowest BCUT2D eigenvalue weighted by Gasteiger charge is -2.42. The lowest BCUT2D eigenvalue weighted by Crippen LogP contribution is -2.57. The van der Waals surface area contributed by atoms with Gasteiger partial charge >= 0.3 is 6.03 Å². The molecule has 2 aromatic carbocycles. The fourth-order valence-corrected chi connectivity index (χ4v) is 5.23. The normalized spacial score (nSPS) is 18.2. The molecule has 0 saturated carbocycles. The van der Waals surface area contributed by atoms with Gasteiger partial charge in [-0.15, -0.1) is 0 Å². The van der Waals surface area contributed by atoms with Crippen LogP contribution >= 0.6 is 0 Å². The van der Waals surface area contributed by atoms with E-state index >= 15 is 0 Å². The number of nitrogens with zero attached hydrogens (tertiary/aromatic N) is 3. The van der Waals surface area contributed by atoms with Crippen LogP contribution in [0.4, 0.5) is 4.79 Å². The molecule has 2 saturated heterocycles. The van der Waals surface area contributed by atoms with Crippen molar-refractivity contribution in [3.8, 4) is 5.75 Å². The van der Waals surface area contributed by atoms with Crippen molar-refractivity contribution >= 4 is 11.9 Å². The predicted molar refractivity (Wildman–Crippen MR) is 131 cm³/mol. The van der Waals surface area contributed by atoms with E-state index < -0.39 is 5.54 Å². The van der Waals surface area contributed by atoms with Crippen LogP contribution in [0.2, 0.25) is 0 Å². The summed E-state index contributed by atoms with van der Waals surface area (Å²) in [5.74, 6) is 0.619. The van der Waals surface area contributed by atoms with Gasteiger partial charge in [0.25, 0.3) is 5.91 Å². The van der Waals surface area contributed by atoms with Crippen molar-refractivity contribution in [2.75, 3.05) is 40.5 Å².